The van der Waals surface area contributed by atoms with Crippen LogP contribution < -0.4 is 5.32 Å². The number of alkyl halides is 1. The van der Waals surface area contributed by atoms with Gasteiger partial charge in [0, 0.05) is 3.42 Å². The highest BCUT2D eigenvalue weighted by molar-refractivity contribution is 14.1. The Morgan fingerprint density at radius 3 is 2.40 bits per heavy atom. The third-order valence-electron chi connectivity index (χ3n) is 1.67. The van der Waals surface area contributed by atoms with Crippen molar-refractivity contribution < 1.29 is 0 Å². The maximum Gasteiger partial charge on any atom is 0.0206 e. The van der Waals surface area contributed by atoms with Crippen LogP contribution in [0, 0.1) is 0 Å². The molecule has 1 nitrogen and oxygen atoms in total. The van der Waals surface area contributed by atoms with Crippen LogP contribution in [0.1, 0.15) is 33.1 Å². The predicted molar refractivity (Wildman–Crippen MR) is 55.9 cm³/mol. The second-order valence-electron chi connectivity index (χ2n) is 3.02. The molecule has 0 bridgehead atoms. The van der Waals surface area contributed by atoms with Crippen LogP contribution in [0.4, 0.5) is 0 Å². The summed E-state index contributed by atoms with van der Waals surface area (Å²) < 4.78 is 0.509. The van der Waals surface area contributed by atoms with Crippen molar-refractivity contribution in [3.63, 3.8) is 0 Å². The fraction of sp³-hybridized carbons (Fsp3) is 1.00. The van der Waals surface area contributed by atoms with Crippen LogP contribution in [0.3, 0.4) is 0 Å². The Morgan fingerprint density at radius 2 is 2.00 bits per heavy atom. The van der Waals surface area contributed by atoms with Gasteiger partial charge in [-0.3, -0.25) is 0 Å². The summed E-state index contributed by atoms with van der Waals surface area (Å²) in [6, 6.07) is 0. The standard InChI is InChI=1S/C8H18IN/c1-4-5-8(2,9)6-7-10-3/h10H,4-7H2,1-3H3. The molecule has 0 aromatic heterocycles. The molecule has 0 heterocycles. The van der Waals surface area contributed by atoms with Gasteiger partial charge in [-0.2, -0.15) is 0 Å². The molecule has 2 heteroatoms. The van der Waals surface area contributed by atoms with E-state index in [1.807, 2.05) is 7.05 Å². The zero-order valence-corrected chi connectivity index (χ0v) is 9.36. The van der Waals surface area contributed by atoms with Gasteiger partial charge in [0.05, 0.1) is 0 Å². The van der Waals surface area contributed by atoms with Crippen molar-refractivity contribution in [3.8, 4) is 0 Å². The Morgan fingerprint density at radius 1 is 1.40 bits per heavy atom. The third-order valence-corrected chi connectivity index (χ3v) is 2.75. The van der Waals surface area contributed by atoms with E-state index < -0.39 is 0 Å². The summed E-state index contributed by atoms with van der Waals surface area (Å²) in [4.78, 5) is 0. The lowest BCUT2D eigenvalue weighted by Gasteiger charge is -2.21. The van der Waals surface area contributed by atoms with Gasteiger partial charge in [0.1, 0.15) is 0 Å². The van der Waals surface area contributed by atoms with Gasteiger partial charge < -0.3 is 5.32 Å². The lowest BCUT2D eigenvalue weighted by molar-refractivity contribution is 0.544. The van der Waals surface area contributed by atoms with Crippen molar-refractivity contribution in [1.29, 1.82) is 0 Å². The van der Waals surface area contributed by atoms with Gasteiger partial charge >= 0.3 is 0 Å². The smallest absolute Gasteiger partial charge is 0.0206 e. The monoisotopic (exact) mass is 255 g/mol. The van der Waals surface area contributed by atoms with E-state index in [1.54, 1.807) is 0 Å². The molecule has 0 aromatic carbocycles. The van der Waals surface area contributed by atoms with Gasteiger partial charge in [-0.05, 0) is 26.4 Å². The molecule has 0 amide bonds. The van der Waals surface area contributed by atoms with Crippen LogP contribution in [0.5, 0.6) is 0 Å². The Kier molecular flexibility index (Phi) is 5.72. The van der Waals surface area contributed by atoms with Crippen molar-refractivity contribution in [2.45, 2.75) is 36.5 Å². The van der Waals surface area contributed by atoms with Gasteiger partial charge in [-0.25, -0.2) is 0 Å². The van der Waals surface area contributed by atoms with E-state index in [4.69, 9.17) is 0 Å². The first kappa shape index (κ1) is 10.7. The van der Waals surface area contributed by atoms with Crippen molar-refractivity contribution in [2.24, 2.45) is 0 Å². The molecule has 0 spiro atoms. The third kappa shape index (κ3) is 5.47. The fourth-order valence-corrected chi connectivity index (χ4v) is 1.84. The molecule has 62 valence electrons. The van der Waals surface area contributed by atoms with Crippen molar-refractivity contribution >= 4 is 22.6 Å². The minimum Gasteiger partial charge on any atom is -0.320 e. The number of hydrogen-bond acceptors (Lipinski definition) is 1. The summed E-state index contributed by atoms with van der Waals surface area (Å²) in [5.74, 6) is 0. The molecule has 0 aliphatic rings. The lowest BCUT2D eigenvalue weighted by atomic mass is 10.0. The molecule has 1 atom stereocenters. The van der Waals surface area contributed by atoms with Crippen LogP contribution in [-0.4, -0.2) is 17.0 Å². The Labute approximate surface area is 78.1 Å². The zero-order valence-electron chi connectivity index (χ0n) is 7.21. The summed E-state index contributed by atoms with van der Waals surface area (Å²) >= 11 is 2.56. The average molecular weight is 255 g/mol. The van der Waals surface area contributed by atoms with Crippen molar-refractivity contribution in [1.82, 2.24) is 5.32 Å². The lowest BCUT2D eigenvalue weighted by Crippen LogP contribution is -2.22. The topological polar surface area (TPSA) is 12.0 Å². The van der Waals surface area contributed by atoms with E-state index in [2.05, 4.69) is 41.8 Å². The van der Waals surface area contributed by atoms with E-state index in [9.17, 15) is 0 Å². The van der Waals surface area contributed by atoms with E-state index in [0.717, 1.165) is 6.54 Å². The minimum atomic E-state index is 0.509. The highest BCUT2D eigenvalue weighted by atomic mass is 127. The van der Waals surface area contributed by atoms with Gasteiger partial charge in [0.25, 0.3) is 0 Å². The SMILES string of the molecule is CCCC(C)(I)CCNC. The van der Waals surface area contributed by atoms with Crippen LogP contribution in [0.2, 0.25) is 0 Å². The summed E-state index contributed by atoms with van der Waals surface area (Å²) in [7, 11) is 2.01. The number of nitrogens with one attached hydrogen (secondary N) is 1. The largest absolute Gasteiger partial charge is 0.320 e. The van der Waals surface area contributed by atoms with Crippen LogP contribution in [0.25, 0.3) is 0 Å². The van der Waals surface area contributed by atoms with Crippen molar-refractivity contribution in [3.05, 3.63) is 0 Å². The van der Waals surface area contributed by atoms with Gasteiger partial charge in [0.15, 0.2) is 0 Å². The van der Waals surface area contributed by atoms with Crippen molar-refractivity contribution in [2.75, 3.05) is 13.6 Å². The number of halogens is 1. The molecule has 0 rings (SSSR count). The molecule has 0 saturated heterocycles. The number of hydrogen-bond donors (Lipinski definition) is 1. The van der Waals surface area contributed by atoms with Gasteiger partial charge in [-0.1, -0.05) is 42.9 Å². The molecule has 0 aliphatic heterocycles. The normalized spacial score (nSPS) is 16.8. The Hall–Kier alpha value is 0.690. The molecule has 1 unspecified atom stereocenters. The average Bonchev–Trinajstić information content (AvgIpc) is 1.84. The Balaban J connectivity index is 3.42. The van der Waals surface area contributed by atoms with E-state index in [0.29, 0.717) is 3.42 Å². The zero-order chi connectivity index (χ0) is 8.04. The van der Waals surface area contributed by atoms with Gasteiger partial charge in [-0.15, -0.1) is 0 Å². The number of rotatable bonds is 5. The molecular weight excluding hydrogens is 237 g/mol. The molecule has 0 aliphatic carbocycles. The summed E-state index contributed by atoms with van der Waals surface area (Å²) in [6.45, 7) is 5.71. The second-order valence-corrected chi connectivity index (χ2v) is 5.62. The maximum atomic E-state index is 3.18. The summed E-state index contributed by atoms with van der Waals surface area (Å²) in [5, 5.41) is 3.18. The van der Waals surface area contributed by atoms with E-state index in [-0.39, 0.29) is 0 Å². The summed E-state index contributed by atoms with van der Waals surface area (Å²) in [6.07, 6.45) is 3.90. The molecular formula is C8H18IN. The first-order valence-corrected chi connectivity index (χ1v) is 5.04. The molecule has 10 heavy (non-hydrogen) atoms. The first-order valence-electron chi connectivity index (χ1n) is 3.96. The fourth-order valence-electron chi connectivity index (χ4n) is 1.03. The second kappa shape index (κ2) is 5.35. The Bertz CT molecular complexity index is 81.3. The highest BCUT2D eigenvalue weighted by Gasteiger charge is 2.17. The predicted octanol–water partition coefficient (Wildman–Crippen LogP) is 2.59. The molecule has 0 fully saturated rings. The highest BCUT2D eigenvalue weighted by Crippen LogP contribution is 2.27. The summed E-state index contributed by atoms with van der Waals surface area (Å²) in [5.41, 5.74) is 0. The van der Waals surface area contributed by atoms with Gasteiger partial charge in [0.2, 0.25) is 0 Å². The van der Waals surface area contributed by atoms with E-state index in [1.165, 1.54) is 19.3 Å². The molecule has 1 N–H and O–H groups in total. The maximum absolute atomic E-state index is 3.18. The quantitative estimate of drug-likeness (QED) is 0.588. The first-order chi connectivity index (χ1) is 4.62. The molecule has 0 aromatic rings. The van der Waals surface area contributed by atoms with E-state index >= 15 is 0 Å². The minimum absolute atomic E-state index is 0.509. The van der Waals surface area contributed by atoms with Crippen LogP contribution in [0.15, 0.2) is 0 Å². The van der Waals surface area contributed by atoms with Crippen LogP contribution >= 0.6 is 22.6 Å². The molecule has 0 radical (unpaired) electrons. The molecule has 0 saturated carbocycles. The van der Waals surface area contributed by atoms with Crippen LogP contribution in [-0.2, 0) is 0 Å².